The SMILES string of the molecule is COc1ccc(C)cc1NC(=O)[C@H](c1ccccc1)N1CCC(C)CC1. The second-order valence-corrected chi connectivity index (χ2v) is 7.22. The van der Waals surface area contributed by atoms with Gasteiger partial charge in [0, 0.05) is 0 Å². The molecule has 1 fully saturated rings. The van der Waals surface area contributed by atoms with Crippen LogP contribution in [-0.2, 0) is 4.79 Å². The van der Waals surface area contributed by atoms with Gasteiger partial charge in [-0.3, -0.25) is 9.69 Å². The zero-order valence-electron chi connectivity index (χ0n) is 15.9. The molecule has 4 heteroatoms. The summed E-state index contributed by atoms with van der Waals surface area (Å²) in [6, 6.07) is 15.6. The van der Waals surface area contributed by atoms with E-state index in [1.165, 1.54) is 0 Å². The van der Waals surface area contributed by atoms with Gasteiger partial charge in [-0.1, -0.05) is 43.3 Å². The Morgan fingerprint density at radius 3 is 2.50 bits per heavy atom. The van der Waals surface area contributed by atoms with Crippen LogP contribution in [0.15, 0.2) is 48.5 Å². The number of rotatable bonds is 5. The number of hydrogen-bond acceptors (Lipinski definition) is 3. The first-order valence-electron chi connectivity index (χ1n) is 9.33. The minimum absolute atomic E-state index is 0.00495. The van der Waals surface area contributed by atoms with Gasteiger partial charge in [0.05, 0.1) is 12.8 Å². The Balaban J connectivity index is 1.87. The van der Waals surface area contributed by atoms with Crippen molar-refractivity contribution in [3.05, 3.63) is 59.7 Å². The molecule has 0 saturated carbocycles. The molecule has 0 spiro atoms. The maximum Gasteiger partial charge on any atom is 0.246 e. The van der Waals surface area contributed by atoms with E-state index in [1.807, 2.05) is 55.5 Å². The predicted octanol–water partition coefficient (Wildman–Crippen LogP) is 4.42. The fourth-order valence-electron chi connectivity index (χ4n) is 3.57. The average molecular weight is 352 g/mol. The van der Waals surface area contributed by atoms with E-state index in [0.29, 0.717) is 5.75 Å². The van der Waals surface area contributed by atoms with E-state index in [9.17, 15) is 4.79 Å². The number of hydrogen-bond donors (Lipinski definition) is 1. The highest BCUT2D eigenvalue weighted by Crippen LogP contribution is 2.30. The van der Waals surface area contributed by atoms with Crippen LogP contribution >= 0.6 is 0 Å². The Morgan fingerprint density at radius 1 is 1.15 bits per heavy atom. The number of benzene rings is 2. The summed E-state index contributed by atoms with van der Waals surface area (Å²) in [6.07, 6.45) is 2.26. The largest absolute Gasteiger partial charge is 0.495 e. The summed E-state index contributed by atoms with van der Waals surface area (Å²) < 4.78 is 5.42. The molecule has 138 valence electrons. The van der Waals surface area contributed by atoms with Gasteiger partial charge in [-0.25, -0.2) is 0 Å². The molecule has 1 heterocycles. The molecule has 3 rings (SSSR count). The molecule has 0 unspecified atom stereocenters. The Labute approximate surface area is 156 Å². The molecule has 1 aliphatic rings. The van der Waals surface area contributed by atoms with E-state index in [0.717, 1.165) is 48.7 Å². The molecule has 0 aliphatic carbocycles. The van der Waals surface area contributed by atoms with Gasteiger partial charge in [-0.15, -0.1) is 0 Å². The lowest BCUT2D eigenvalue weighted by molar-refractivity contribution is -0.122. The maximum atomic E-state index is 13.3. The number of piperidine rings is 1. The summed E-state index contributed by atoms with van der Waals surface area (Å²) in [5.74, 6) is 1.40. The minimum Gasteiger partial charge on any atom is -0.495 e. The van der Waals surface area contributed by atoms with Gasteiger partial charge in [0.1, 0.15) is 11.8 Å². The van der Waals surface area contributed by atoms with Gasteiger partial charge in [-0.2, -0.15) is 0 Å². The number of nitrogens with zero attached hydrogens (tertiary/aromatic N) is 1. The van der Waals surface area contributed by atoms with Crippen LogP contribution in [0.5, 0.6) is 5.75 Å². The molecular formula is C22H28N2O2. The van der Waals surface area contributed by atoms with Crippen LogP contribution in [0.2, 0.25) is 0 Å². The smallest absolute Gasteiger partial charge is 0.246 e. The third-order valence-corrected chi connectivity index (χ3v) is 5.16. The predicted molar refractivity (Wildman–Crippen MR) is 106 cm³/mol. The fourth-order valence-corrected chi connectivity index (χ4v) is 3.57. The standard InChI is InChI=1S/C22H28N2O2/c1-16-11-13-24(14-12-16)21(18-7-5-4-6-8-18)22(25)23-19-15-17(2)9-10-20(19)26-3/h4-10,15-16,21H,11-14H2,1-3H3,(H,23,25)/t21-/m0/s1. The number of likely N-dealkylation sites (tertiary alicyclic amines) is 1. The number of methoxy groups -OCH3 is 1. The number of nitrogens with one attached hydrogen (secondary N) is 1. The highest BCUT2D eigenvalue weighted by molar-refractivity contribution is 5.96. The first-order chi connectivity index (χ1) is 12.6. The van der Waals surface area contributed by atoms with Gasteiger partial charge >= 0.3 is 0 Å². The lowest BCUT2D eigenvalue weighted by Gasteiger charge is -2.36. The normalized spacial score (nSPS) is 16.9. The third kappa shape index (κ3) is 4.25. The van der Waals surface area contributed by atoms with Crippen molar-refractivity contribution in [2.45, 2.75) is 32.7 Å². The quantitative estimate of drug-likeness (QED) is 0.866. The third-order valence-electron chi connectivity index (χ3n) is 5.16. The first-order valence-corrected chi connectivity index (χ1v) is 9.33. The topological polar surface area (TPSA) is 41.6 Å². The summed E-state index contributed by atoms with van der Waals surface area (Å²) in [7, 11) is 1.63. The first kappa shape index (κ1) is 18.5. The second kappa shape index (κ2) is 8.37. The second-order valence-electron chi connectivity index (χ2n) is 7.22. The summed E-state index contributed by atoms with van der Waals surface area (Å²) in [6.45, 7) is 6.18. The molecule has 4 nitrogen and oxygen atoms in total. The number of anilines is 1. The highest BCUT2D eigenvalue weighted by atomic mass is 16.5. The molecule has 26 heavy (non-hydrogen) atoms. The van der Waals surface area contributed by atoms with Crippen LogP contribution in [0.25, 0.3) is 0 Å². The van der Waals surface area contributed by atoms with Crippen molar-refractivity contribution >= 4 is 11.6 Å². The number of aryl methyl sites for hydroxylation is 1. The molecule has 1 amide bonds. The number of ether oxygens (including phenoxy) is 1. The van der Waals surface area contributed by atoms with Crippen LogP contribution in [-0.4, -0.2) is 31.0 Å². The molecule has 1 atom stereocenters. The zero-order valence-corrected chi connectivity index (χ0v) is 15.9. The molecule has 2 aromatic carbocycles. The van der Waals surface area contributed by atoms with Gasteiger partial charge in [0.2, 0.25) is 5.91 Å². The van der Waals surface area contributed by atoms with E-state index in [2.05, 4.69) is 17.1 Å². The maximum absolute atomic E-state index is 13.3. The van der Waals surface area contributed by atoms with E-state index < -0.39 is 0 Å². The molecule has 0 radical (unpaired) electrons. The van der Waals surface area contributed by atoms with Gasteiger partial charge in [0.15, 0.2) is 0 Å². The lowest BCUT2D eigenvalue weighted by Crippen LogP contribution is -2.41. The molecule has 1 saturated heterocycles. The van der Waals surface area contributed by atoms with Crippen molar-refractivity contribution in [3.8, 4) is 5.75 Å². The van der Waals surface area contributed by atoms with Crippen molar-refractivity contribution in [1.82, 2.24) is 4.90 Å². The minimum atomic E-state index is -0.283. The van der Waals surface area contributed by atoms with Gasteiger partial charge in [-0.05, 0) is 62.0 Å². The van der Waals surface area contributed by atoms with Crippen LogP contribution in [0, 0.1) is 12.8 Å². The number of carbonyl (C=O) groups is 1. The van der Waals surface area contributed by atoms with Crippen molar-refractivity contribution in [1.29, 1.82) is 0 Å². The monoisotopic (exact) mass is 352 g/mol. The van der Waals surface area contributed by atoms with Crippen molar-refractivity contribution in [3.63, 3.8) is 0 Å². The van der Waals surface area contributed by atoms with E-state index in [-0.39, 0.29) is 11.9 Å². The Kier molecular flexibility index (Phi) is 5.94. The summed E-state index contributed by atoms with van der Waals surface area (Å²) in [4.78, 5) is 15.6. The van der Waals surface area contributed by atoms with Crippen LogP contribution < -0.4 is 10.1 Å². The van der Waals surface area contributed by atoms with Crippen molar-refractivity contribution in [2.24, 2.45) is 5.92 Å². The average Bonchev–Trinajstić information content (AvgIpc) is 2.65. The summed E-state index contributed by atoms with van der Waals surface area (Å²) in [5.41, 5.74) is 2.85. The number of carbonyl (C=O) groups excluding carboxylic acids is 1. The van der Waals surface area contributed by atoms with E-state index in [4.69, 9.17) is 4.74 Å². The fraction of sp³-hybridized carbons (Fsp3) is 0.409. The molecule has 1 aliphatic heterocycles. The van der Waals surface area contributed by atoms with Crippen LogP contribution in [0.4, 0.5) is 5.69 Å². The highest BCUT2D eigenvalue weighted by Gasteiger charge is 2.30. The molecule has 2 aromatic rings. The summed E-state index contributed by atoms with van der Waals surface area (Å²) >= 11 is 0. The molecule has 1 N–H and O–H groups in total. The van der Waals surface area contributed by atoms with Crippen LogP contribution in [0.3, 0.4) is 0 Å². The molecule has 0 aromatic heterocycles. The number of amides is 1. The lowest BCUT2D eigenvalue weighted by atomic mass is 9.95. The molecular weight excluding hydrogens is 324 g/mol. The van der Waals surface area contributed by atoms with E-state index >= 15 is 0 Å². The Hall–Kier alpha value is -2.33. The molecule has 0 bridgehead atoms. The van der Waals surface area contributed by atoms with Crippen molar-refractivity contribution in [2.75, 3.05) is 25.5 Å². The van der Waals surface area contributed by atoms with Gasteiger partial charge < -0.3 is 10.1 Å². The summed E-state index contributed by atoms with van der Waals surface area (Å²) in [5, 5.41) is 3.10. The Morgan fingerprint density at radius 2 is 1.85 bits per heavy atom. The van der Waals surface area contributed by atoms with Gasteiger partial charge in [0.25, 0.3) is 0 Å². The zero-order chi connectivity index (χ0) is 18.5. The van der Waals surface area contributed by atoms with Crippen LogP contribution in [0.1, 0.15) is 36.9 Å². The van der Waals surface area contributed by atoms with Crippen molar-refractivity contribution < 1.29 is 9.53 Å². The Bertz CT molecular complexity index is 737. The van der Waals surface area contributed by atoms with E-state index in [1.54, 1.807) is 7.11 Å².